The van der Waals surface area contributed by atoms with Gasteiger partial charge in [0, 0.05) is 40.1 Å². The number of para-hydroxylation sites is 1. The molecule has 36 heavy (non-hydrogen) atoms. The van der Waals surface area contributed by atoms with Crippen molar-refractivity contribution in [1.82, 2.24) is 9.71 Å². The van der Waals surface area contributed by atoms with Gasteiger partial charge in [-0.25, -0.2) is 4.79 Å². The number of carbonyl (C=O) groups is 1. The first-order valence-electron chi connectivity index (χ1n) is 13.1. The molecule has 6 nitrogen and oxygen atoms in total. The molecule has 1 aliphatic carbocycles. The first kappa shape index (κ1) is 25.2. The van der Waals surface area contributed by atoms with Crippen molar-refractivity contribution in [3.8, 4) is 11.3 Å². The molecule has 1 unspecified atom stereocenters. The molecule has 3 N–H and O–H groups in total. The van der Waals surface area contributed by atoms with E-state index in [4.69, 9.17) is 4.74 Å². The quantitative estimate of drug-likeness (QED) is 0.268. The molecule has 7 heteroatoms. The van der Waals surface area contributed by atoms with E-state index >= 15 is 0 Å². The van der Waals surface area contributed by atoms with Crippen molar-refractivity contribution in [1.29, 1.82) is 0 Å². The summed E-state index contributed by atoms with van der Waals surface area (Å²) in [7, 11) is 1.42. The Morgan fingerprint density at radius 1 is 1.11 bits per heavy atom. The largest absolute Gasteiger partial charge is 0.598 e. The fourth-order valence-electron chi connectivity index (χ4n) is 5.68. The highest BCUT2D eigenvalue weighted by Gasteiger charge is 2.33. The molecule has 1 fully saturated rings. The van der Waals surface area contributed by atoms with Crippen molar-refractivity contribution in [2.24, 2.45) is 0 Å². The Balaban J connectivity index is 1.63. The summed E-state index contributed by atoms with van der Waals surface area (Å²) in [4.78, 5) is 15.9. The average Bonchev–Trinajstić information content (AvgIpc) is 3.26. The van der Waals surface area contributed by atoms with Crippen molar-refractivity contribution in [2.45, 2.75) is 76.0 Å². The molecule has 1 aliphatic heterocycles. The summed E-state index contributed by atoms with van der Waals surface area (Å²) in [5, 5.41) is 4.83. The normalized spacial score (nSPS) is 19.5. The topological polar surface area (TPSA) is 89.2 Å². The van der Waals surface area contributed by atoms with Crippen LogP contribution in [-0.2, 0) is 16.1 Å². The van der Waals surface area contributed by atoms with Crippen molar-refractivity contribution >= 4 is 33.9 Å². The van der Waals surface area contributed by atoms with E-state index < -0.39 is 11.4 Å². The van der Waals surface area contributed by atoms with Crippen LogP contribution in [0.3, 0.4) is 0 Å². The minimum atomic E-state index is -1.15. The zero-order valence-electron chi connectivity index (χ0n) is 21.7. The highest BCUT2D eigenvalue weighted by atomic mass is 32.2. The van der Waals surface area contributed by atoms with Crippen molar-refractivity contribution in [2.75, 3.05) is 19.0 Å². The standard InChI is InChI=1S/C29H37N3O3S/c1-29(2,3)36(34)32-23-15-16-30-26-21(23)11-8-12-22(26)27-25(18-9-6-5-7-10-18)20-14-13-19(28(33)35-4)17-24(20)31-27/h8,11-14,17-18,23,30-32H,5-7,9-10,15-16H2,1-4H3/t23-,36?/m1/s1. The van der Waals surface area contributed by atoms with Gasteiger partial charge in [-0.1, -0.05) is 43.5 Å². The molecule has 1 aromatic heterocycles. The van der Waals surface area contributed by atoms with E-state index in [0.29, 0.717) is 11.5 Å². The average molecular weight is 508 g/mol. The second kappa shape index (κ2) is 10.1. The Kier molecular flexibility index (Phi) is 7.07. The Morgan fingerprint density at radius 3 is 2.61 bits per heavy atom. The fourth-order valence-corrected chi connectivity index (χ4v) is 6.54. The highest BCUT2D eigenvalue weighted by molar-refractivity contribution is 7.90. The van der Waals surface area contributed by atoms with Gasteiger partial charge in [-0.3, -0.25) is 0 Å². The number of rotatable bonds is 5. The molecule has 2 atom stereocenters. The van der Waals surface area contributed by atoms with Crippen LogP contribution in [0.25, 0.3) is 22.2 Å². The number of nitrogens with one attached hydrogen (secondary N) is 3. The van der Waals surface area contributed by atoms with Crippen LogP contribution >= 0.6 is 0 Å². The van der Waals surface area contributed by atoms with E-state index in [1.165, 1.54) is 50.2 Å². The molecule has 2 aliphatic rings. The number of fused-ring (bicyclic) bond motifs is 2. The highest BCUT2D eigenvalue weighted by Crippen LogP contribution is 2.46. The number of esters is 1. The number of hydrogen-bond acceptors (Lipinski definition) is 5. The van der Waals surface area contributed by atoms with Crippen LogP contribution < -0.4 is 10.0 Å². The van der Waals surface area contributed by atoms with E-state index in [0.717, 1.165) is 41.0 Å². The maximum atomic E-state index is 12.9. The van der Waals surface area contributed by atoms with Crippen LogP contribution in [0, 0.1) is 0 Å². The number of anilines is 1. The van der Waals surface area contributed by atoms with Crippen LogP contribution in [0.5, 0.6) is 0 Å². The number of benzene rings is 2. The molecular formula is C29H37N3O3S. The zero-order chi connectivity index (χ0) is 25.4. The second-order valence-electron chi connectivity index (χ2n) is 11.0. The lowest BCUT2D eigenvalue weighted by Crippen LogP contribution is -2.42. The summed E-state index contributed by atoms with van der Waals surface area (Å²) in [6.45, 7) is 6.81. The SMILES string of the molecule is COC(=O)c1ccc2c(C3CCCCC3)c(-c3cccc4c3NCC[C@H]4N[S+]([O-])C(C)(C)C)[nH]c2c1. The molecule has 0 amide bonds. The summed E-state index contributed by atoms with van der Waals surface area (Å²) in [6.07, 6.45) is 7.01. The summed E-state index contributed by atoms with van der Waals surface area (Å²) < 4.78 is 21.0. The van der Waals surface area contributed by atoms with E-state index in [9.17, 15) is 9.35 Å². The van der Waals surface area contributed by atoms with Crippen molar-refractivity contribution in [3.63, 3.8) is 0 Å². The van der Waals surface area contributed by atoms with Crippen LogP contribution in [0.2, 0.25) is 0 Å². The molecule has 3 aromatic rings. The minimum Gasteiger partial charge on any atom is -0.598 e. The molecular weight excluding hydrogens is 470 g/mol. The Labute approximate surface area is 216 Å². The van der Waals surface area contributed by atoms with Gasteiger partial charge in [0.2, 0.25) is 0 Å². The third-order valence-electron chi connectivity index (χ3n) is 7.55. The van der Waals surface area contributed by atoms with Gasteiger partial charge in [-0.2, -0.15) is 0 Å². The van der Waals surface area contributed by atoms with Gasteiger partial charge in [-0.15, -0.1) is 4.72 Å². The van der Waals surface area contributed by atoms with E-state index in [-0.39, 0.29) is 16.8 Å². The molecule has 192 valence electrons. The summed E-state index contributed by atoms with van der Waals surface area (Å²) >= 11 is -1.15. The number of aromatic amines is 1. The predicted octanol–water partition coefficient (Wildman–Crippen LogP) is 6.58. The molecule has 0 bridgehead atoms. The Hall–Kier alpha value is -2.48. The summed E-state index contributed by atoms with van der Waals surface area (Å²) in [5.41, 5.74) is 7.38. The van der Waals surface area contributed by atoms with Gasteiger partial charge in [0.05, 0.1) is 24.4 Å². The molecule has 0 spiro atoms. The maximum Gasteiger partial charge on any atom is 0.337 e. The van der Waals surface area contributed by atoms with E-state index in [1.807, 2.05) is 32.9 Å². The van der Waals surface area contributed by atoms with E-state index in [1.54, 1.807) is 0 Å². The maximum absolute atomic E-state index is 12.9. The van der Waals surface area contributed by atoms with Gasteiger partial charge in [0.25, 0.3) is 0 Å². The first-order chi connectivity index (χ1) is 17.3. The lowest BCUT2D eigenvalue weighted by atomic mass is 9.81. The molecule has 5 rings (SSSR count). The number of methoxy groups -OCH3 is 1. The fraction of sp³-hybridized carbons (Fsp3) is 0.483. The van der Waals surface area contributed by atoms with Gasteiger partial charge in [0.15, 0.2) is 0 Å². The van der Waals surface area contributed by atoms with Gasteiger partial charge in [0.1, 0.15) is 4.75 Å². The smallest absolute Gasteiger partial charge is 0.337 e. The molecule has 0 saturated heterocycles. The summed E-state index contributed by atoms with van der Waals surface area (Å²) in [5.74, 6) is 0.153. The summed E-state index contributed by atoms with van der Waals surface area (Å²) in [6, 6.07) is 12.3. The Bertz CT molecular complexity index is 1260. The van der Waals surface area contributed by atoms with Crippen LogP contribution in [-0.4, -0.2) is 33.9 Å². The number of H-pyrrole nitrogens is 1. The Morgan fingerprint density at radius 2 is 1.89 bits per heavy atom. The lowest BCUT2D eigenvalue weighted by molar-refractivity contribution is 0.0601. The third kappa shape index (κ3) is 4.76. The lowest BCUT2D eigenvalue weighted by Gasteiger charge is -2.32. The first-order valence-corrected chi connectivity index (χ1v) is 14.2. The van der Waals surface area contributed by atoms with Gasteiger partial charge < -0.3 is 19.6 Å². The van der Waals surface area contributed by atoms with E-state index in [2.05, 4.69) is 39.3 Å². The third-order valence-corrected chi connectivity index (χ3v) is 9.17. The van der Waals surface area contributed by atoms with Crippen LogP contribution in [0.4, 0.5) is 5.69 Å². The van der Waals surface area contributed by atoms with Crippen molar-refractivity contribution in [3.05, 3.63) is 53.1 Å². The van der Waals surface area contributed by atoms with Crippen LogP contribution in [0.1, 0.15) is 92.7 Å². The zero-order valence-corrected chi connectivity index (χ0v) is 22.5. The number of ether oxygens (including phenoxy) is 1. The monoisotopic (exact) mass is 507 g/mol. The molecule has 0 radical (unpaired) electrons. The van der Waals surface area contributed by atoms with Gasteiger partial charge >= 0.3 is 5.97 Å². The number of carbonyl (C=O) groups excluding carboxylic acids is 1. The predicted molar refractivity (Wildman–Crippen MR) is 148 cm³/mol. The van der Waals surface area contributed by atoms with Gasteiger partial charge in [-0.05, 0) is 69.2 Å². The minimum absolute atomic E-state index is 0.0229. The molecule has 2 aromatic carbocycles. The molecule has 2 heterocycles. The second-order valence-corrected chi connectivity index (χ2v) is 13.0. The van der Waals surface area contributed by atoms with Crippen molar-refractivity contribution < 1.29 is 14.1 Å². The van der Waals surface area contributed by atoms with Crippen LogP contribution in [0.15, 0.2) is 36.4 Å². The number of aromatic nitrogens is 1. The molecule has 1 saturated carbocycles. The number of hydrogen-bond donors (Lipinski definition) is 3.